The Kier molecular flexibility index (Phi) is 6.79. The highest BCUT2D eigenvalue weighted by Gasteiger charge is 2.20. The Bertz CT molecular complexity index is 801. The summed E-state index contributed by atoms with van der Waals surface area (Å²) in [7, 11) is 0. The van der Waals surface area contributed by atoms with Crippen molar-refractivity contribution in [1.29, 1.82) is 0 Å². The van der Waals surface area contributed by atoms with Crippen molar-refractivity contribution in [3.8, 4) is 22.8 Å². The van der Waals surface area contributed by atoms with Crippen molar-refractivity contribution in [3.63, 3.8) is 0 Å². The van der Waals surface area contributed by atoms with Gasteiger partial charge in [-0.15, -0.1) is 0 Å². The van der Waals surface area contributed by atoms with E-state index in [0.717, 1.165) is 12.8 Å². The topological polar surface area (TPSA) is 68.7 Å². The maximum atomic E-state index is 14.4. The van der Waals surface area contributed by atoms with Crippen molar-refractivity contribution in [3.05, 3.63) is 42.1 Å². The molecule has 0 unspecified atom stereocenters. The number of rotatable bonds is 10. The average molecular weight is 391 g/mol. The molecule has 1 fully saturated rings. The Morgan fingerprint density at radius 2 is 1.93 bits per heavy atom. The Labute approximate surface area is 162 Å². The summed E-state index contributed by atoms with van der Waals surface area (Å²) in [6.45, 7) is 0.593. The number of halogens is 2. The van der Waals surface area contributed by atoms with Gasteiger partial charge in [-0.1, -0.05) is 6.42 Å². The van der Waals surface area contributed by atoms with Crippen molar-refractivity contribution in [2.45, 2.75) is 38.5 Å². The second-order valence-electron chi connectivity index (χ2n) is 6.93. The Morgan fingerprint density at radius 1 is 1.18 bits per heavy atom. The zero-order valence-corrected chi connectivity index (χ0v) is 15.5. The maximum absolute atomic E-state index is 14.4. The molecule has 150 valence electrons. The molecule has 1 N–H and O–H groups in total. The molecule has 1 heterocycles. The summed E-state index contributed by atoms with van der Waals surface area (Å²) in [4.78, 5) is 14.7. The minimum absolute atomic E-state index is 0.00208. The van der Waals surface area contributed by atoms with Gasteiger partial charge in [-0.05, 0) is 61.4 Å². The van der Waals surface area contributed by atoms with Crippen LogP contribution in [0.1, 0.15) is 38.5 Å². The molecule has 0 saturated heterocycles. The Morgan fingerprint density at radius 3 is 2.57 bits per heavy atom. The van der Waals surface area contributed by atoms with Gasteiger partial charge in [0, 0.05) is 18.2 Å². The van der Waals surface area contributed by atoms with E-state index in [2.05, 4.69) is 4.98 Å². The number of ether oxygens (including phenoxy) is 2. The molecule has 5 nitrogen and oxygen atoms in total. The molecular formula is C21H23F2NO4. The van der Waals surface area contributed by atoms with Crippen molar-refractivity contribution in [1.82, 2.24) is 4.98 Å². The van der Waals surface area contributed by atoms with Crippen molar-refractivity contribution in [2.75, 3.05) is 13.2 Å². The lowest BCUT2D eigenvalue weighted by Crippen LogP contribution is -2.19. The van der Waals surface area contributed by atoms with E-state index in [0.29, 0.717) is 42.4 Å². The van der Waals surface area contributed by atoms with E-state index in [9.17, 15) is 13.6 Å². The maximum Gasteiger partial charge on any atom is 0.303 e. The van der Waals surface area contributed by atoms with Crippen molar-refractivity contribution < 1.29 is 28.2 Å². The molecule has 1 saturated carbocycles. The monoisotopic (exact) mass is 391 g/mol. The molecule has 0 radical (unpaired) electrons. The van der Waals surface area contributed by atoms with E-state index in [1.54, 1.807) is 18.3 Å². The lowest BCUT2D eigenvalue weighted by Gasteiger charge is -2.25. The summed E-state index contributed by atoms with van der Waals surface area (Å²) in [5.74, 6) is -2.13. The fraction of sp³-hybridized carbons (Fsp3) is 0.429. The van der Waals surface area contributed by atoms with Gasteiger partial charge in [0.2, 0.25) is 5.88 Å². The third-order valence-corrected chi connectivity index (χ3v) is 4.79. The minimum Gasteiger partial charge on any atom is -0.488 e. The van der Waals surface area contributed by atoms with Crippen LogP contribution in [-0.2, 0) is 4.79 Å². The summed E-state index contributed by atoms with van der Waals surface area (Å²) in [6.07, 6.45) is 5.83. The number of benzene rings is 1. The summed E-state index contributed by atoms with van der Waals surface area (Å²) in [5.41, 5.74) is 0.845. The van der Waals surface area contributed by atoms with E-state index in [4.69, 9.17) is 14.6 Å². The van der Waals surface area contributed by atoms with E-state index in [-0.39, 0.29) is 13.0 Å². The smallest absolute Gasteiger partial charge is 0.303 e. The number of pyridine rings is 1. The molecule has 0 atom stereocenters. The molecule has 7 heteroatoms. The molecule has 0 bridgehead atoms. The summed E-state index contributed by atoms with van der Waals surface area (Å²) in [6, 6.07) is 5.80. The van der Waals surface area contributed by atoms with Gasteiger partial charge in [-0.2, -0.15) is 0 Å². The number of aliphatic carboxylic acids is 1. The van der Waals surface area contributed by atoms with Crippen LogP contribution in [0.2, 0.25) is 0 Å². The van der Waals surface area contributed by atoms with Crippen LogP contribution in [0.4, 0.5) is 8.78 Å². The van der Waals surface area contributed by atoms with E-state index >= 15 is 0 Å². The third kappa shape index (κ3) is 5.18. The number of hydrogen-bond acceptors (Lipinski definition) is 4. The fourth-order valence-electron chi connectivity index (χ4n) is 2.99. The highest BCUT2D eigenvalue weighted by molar-refractivity contribution is 5.69. The van der Waals surface area contributed by atoms with Crippen LogP contribution in [0.5, 0.6) is 11.6 Å². The van der Waals surface area contributed by atoms with Gasteiger partial charge in [0.15, 0.2) is 17.4 Å². The average Bonchev–Trinajstić information content (AvgIpc) is 2.62. The van der Waals surface area contributed by atoms with Gasteiger partial charge in [0.1, 0.15) is 0 Å². The third-order valence-electron chi connectivity index (χ3n) is 4.79. The largest absolute Gasteiger partial charge is 0.488 e. The number of unbranched alkanes of at least 4 members (excludes halogenated alkanes) is 1. The Hall–Kier alpha value is -2.70. The fourth-order valence-corrected chi connectivity index (χ4v) is 2.99. The first-order valence-electron chi connectivity index (χ1n) is 9.46. The second kappa shape index (κ2) is 9.48. The molecule has 1 aliphatic rings. The van der Waals surface area contributed by atoms with Gasteiger partial charge in [-0.25, -0.2) is 13.8 Å². The lowest BCUT2D eigenvalue weighted by molar-refractivity contribution is -0.137. The van der Waals surface area contributed by atoms with Gasteiger partial charge in [0.25, 0.3) is 0 Å². The van der Waals surface area contributed by atoms with Crippen LogP contribution in [0.25, 0.3) is 11.1 Å². The van der Waals surface area contributed by atoms with Crippen LogP contribution >= 0.6 is 0 Å². The number of carbonyl (C=O) groups is 1. The van der Waals surface area contributed by atoms with Crippen LogP contribution in [-0.4, -0.2) is 29.3 Å². The first-order valence-corrected chi connectivity index (χ1v) is 9.46. The predicted molar refractivity (Wildman–Crippen MR) is 99.4 cm³/mol. The van der Waals surface area contributed by atoms with E-state index < -0.39 is 23.4 Å². The zero-order valence-electron chi connectivity index (χ0n) is 15.5. The molecule has 0 spiro atoms. The molecular weight excluding hydrogens is 368 g/mol. The molecule has 1 aliphatic carbocycles. The van der Waals surface area contributed by atoms with E-state index in [1.807, 2.05) is 0 Å². The molecule has 3 rings (SSSR count). The molecule has 28 heavy (non-hydrogen) atoms. The van der Waals surface area contributed by atoms with Crippen LogP contribution in [0.3, 0.4) is 0 Å². The van der Waals surface area contributed by atoms with Gasteiger partial charge >= 0.3 is 5.97 Å². The predicted octanol–water partition coefficient (Wildman–Crippen LogP) is 4.84. The first-order chi connectivity index (χ1) is 13.5. The van der Waals surface area contributed by atoms with Gasteiger partial charge < -0.3 is 14.6 Å². The summed E-state index contributed by atoms with van der Waals surface area (Å²) < 4.78 is 39.8. The highest BCUT2D eigenvalue weighted by Crippen LogP contribution is 2.34. The van der Waals surface area contributed by atoms with Crippen molar-refractivity contribution in [2.24, 2.45) is 5.92 Å². The van der Waals surface area contributed by atoms with Crippen LogP contribution in [0, 0.1) is 17.6 Å². The number of carboxylic acid groups (broad SMARTS) is 1. The number of aromatic nitrogens is 1. The first kappa shape index (κ1) is 20.0. The summed E-state index contributed by atoms with van der Waals surface area (Å²) >= 11 is 0. The van der Waals surface area contributed by atoms with Crippen LogP contribution in [0.15, 0.2) is 30.5 Å². The minimum atomic E-state index is -0.909. The second-order valence-corrected chi connectivity index (χ2v) is 6.93. The SMILES string of the molecule is O=C(O)CCCCOc1c(F)cc(-c2cccnc2OCC2CCC2)cc1F. The number of carboxylic acids is 1. The van der Waals surface area contributed by atoms with Gasteiger partial charge in [0.05, 0.1) is 13.2 Å². The Balaban J connectivity index is 1.69. The van der Waals surface area contributed by atoms with E-state index in [1.165, 1.54) is 18.6 Å². The molecule has 0 aliphatic heterocycles. The molecule has 2 aromatic rings. The molecule has 1 aromatic carbocycles. The number of nitrogens with zero attached hydrogens (tertiary/aromatic N) is 1. The summed E-state index contributed by atoms with van der Waals surface area (Å²) in [5, 5.41) is 8.59. The lowest BCUT2D eigenvalue weighted by atomic mass is 9.86. The highest BCUT2D eigenvalue weighted by atomic mass is 19.1. The molecule has 0 amide bonds. The normalized spacial score (nSPS) is 13.8. The zero-order chi connectivity index (χ0) is 19.9. The molecule has 1 aromatic heterocycles. The van der Waals surface area contributed by atoms with Gasteiger partial charge in [-0.3, -0.25) is 4.79 Å². The quantitative estimate of drug-likeness (QED) is 0.587. The van der Waals surface area contributed by atoms with Crippen LogP contribution < -0.4 is 9.47 Å². The number of hydrogen-bond donors (Lipinski definition) is 1. The van der Waals surface area contributed by atoms with Crippen molar-refractivity contribution >= 4 is 5.97 Å². The standard InChI is InChI=1S/C21H23F2NO4/c22-17-11-15(12-18(23)20(17)27-10-2-1-8-19(25)26)16-7-4-9-24-21(16)28-13-14-5-3-6-14/h4,7,9,11-12,14H,1-3,5-6,8,10,13H2,(H,25,26).